The molecule has 0 saturated heterocycles. The zero-order valence-electron chi connectivity index (χ0n) is 15.9. The lowest BCUT2D eigenvalue weighted by atomic mass is 10.2. The summed E-state index contributed by atoms with van der Waals surface area (Å²) in [4.78, 5) is 0. The molecular formula is C19H20N2O5S2. The van der Waals surface area contributed by atoms with Crippen LogP contribution in [0.25, 0.3) is 10.6 Å². The first-order valence-corrected chi connectivity index (χ1v) is 10.4. The summed E-state index contributed by atoms with van der Waals surface area (Å²) < 4.78 is 34.5. The highest BCUT2D eigenvalue weighted by Crippen LogP contribution is 2.41. The van der Waals surface area contributed by atoms with Crippen LogP contribution in [0.5, 0.6) is 23.0 Å². The number of hydrogen-bond acceptors (Lipinski definition) is 8. The highest BCUT2D eigenvalue weighted by atomic mass is 32.2. The van der Waals surface area contributed by atoms with Gasteiger partial charge in [-0.1, -0.05) is 23.5 Å². The monoisotopic (exact) mass is 420 g/mol. The van der Waals surface area contributed by atoms with E-state index in [4.69, 9.17) is 18.9 Å². The summed E-state index contributed by atoms with van der Waals surface area (Å²) in [5.41, 5.74) is 1.65. The number of nitrogens with zero attached hydrogens (tertiary/aromatic N) is 2. The maximum absolute atomic E-state index is 12.7. The van der Waals surface area contributed by atoms with Gasteiger partial charge in [-0.15, -0.1) is 10.2 Å². The molecule has 0 N–H and O–H groups in total. The lowest BCUT2D eigenvalue weighted by Gasteiger charge is -2.13. The van der Waals surface area contributed by atoms with Gasteiger partial charge in [0, 0.05) is 5.56 Å². The second kappa shape index (κ2) is 9.03. The zero-order valence-corrected chi connectivity index (χ0v) is 17.6. The molecule has 3 aromatic rings. The summed E-state index contributed by atoms with van der Waals surface area (Å²) in [6.07, 6.45) is 0. The first-order chi connectivity index (χ1) is 13.6. The first kappa shape index (κ1) is 20.1. The summed E-state index contributed by atoms with van der Waals surface area (Å²) in [5, 5.41) is 8.92. The molecule has 1 unspecified atom stereocenters. The molecular weight excluding hydrogens is 400 g/mol. The van der Waals surface area contributed by atoms with Crippen molar-refractivity contribution >= 4 is 22.1 Å². The molecule has 28 heavy (non-hydrogen) atoms. The van der Waals surface area contributed by atoms with E-state index in [-0.39, 0.29) is 0 Å². The van der Waals surface area contributed by atoms with E-state index in [2.05, 4.69) is 10.2 Å². The van der Waals surface area contributed by atoms with Gasteiger partial charge >= 0.3 is 0 Å². The Balaban J connectivity index is 1.86. The Morgan fingerprint density at radius 3 is 2.25 bits per heavy atom. The molecule has 1 aromatic heterocycles. The van der Waals surface area contributed by atoms with Crippen LogP contribution in [-0.2, 0) is 16.6 Å². The Morgan fingerprint density at radius 1 is 0.929 bits per heavy atom. The van der Waals surface area contributed by atoms with Crippen molar-refractivity contribution in [1.82, 2.24) is 10.2 Å². The van der Waals surface area contributed by atoms with Crippen molar-refractivity contribution in [2.75, 3.05) is 28.4 Å². The molecule has 0 saturated carbocycles. The van der Waals surface area contributed by atoms with Crippen molar-refractivity contribution in [2.24, 2.45) is 0 Å². The van der Waals surface area contributed by atoms with Gasteiger partial charge in [0.15, 0.2) is 11.5 Å². The molecule has 0 bridgehead atoms. The quantitative estimate of drug-likeness (QED) is 0.551. The third kappa shape index (κ3) is 4.26. The third-order valence-corrected chi connectivity index (χ3v) is 6.59. The number of methoxy groups -OCH3 is 4. The van der Waals surface area contributed by atoms with Crippen LogP contribution in [0.4, 0.5) is 0 Å². The van der Waals surface area contributed by atoms with Gasteiger partial charge in [-0.2, -0.15) is 0 Å². The lowest BCUT2D eigenvalue weighted by Crippen LogP contribution is -1.96. The van der Waals surface area contributed by atoms with Crippen molar-refractivity contribution in [3.8, 4) is 33.6 Å². The molecule has 3 rings (SSSR count). The largest absolute Gasteiger partial charge is 0.497 e. The summed E-state index contributed by atoms with van der Waals surface area (Å²) in [6, 6.07) is 11.1. The van der Waals surface area contributed by atoms with Crippen LogP contribution in [0.2, 0.25) is 0 Å². The molecule has 1 atom stereocenters. The van der Waals surface area contributed by atoms with Crippen LogP contribution < -0.4 is 18.9 Å². The van der Waals surface area contributed by atoms with Crippen LogP contribution >= 0.6 is 11.3 Å². The van der Waals surface area contributed by atoms with Gasteiger partial charge in [-0.3, -0.25) is 4.21 Å². The van der Waals surface area contributed by atoms with Gasteiger partial charge in [-0.25, -0.2) is 0 Å². The summed E-state index contributed by atoms with van der Waals surface area (Å²) in [7, 11) is 4.94. The van der Waals surface area contributed by atoms with E-state index in [1.54, 1.807) is 40.6 Å². The van der Waals surface area contributed by atoms with Gasteiger partial charge in [0.25, 0.3) is 0 Å². The van der Waals surface area contributed by atoms with Gasteiger partial charge in [-0.05, 0) is 29.8 Å². The van der Waals surface area contributed by atoms with Gasteiger partial charge < -0.3 is 18.9 Å². The highest BCUT2D eigenvalue weighted by Gasteiger charge is 2.18. The Kier molecular flexibility index (Phi) is 6.48. The summed E-state index contributed by atoms with van der Waals surface area (Å²) >= 11 is 1.27. The zero-order chi connectivity index (χ0) is 20.1. The molecule has 1 heterocycles. The fourth-order valence-corrected chi connectivity index (χ4v) is 4.69. The lowest BCUT2D eigenvalue weighted by molar-refractivity contribution is 0.324. The van der Waals surface area contributed by atoms with Crippen LogP contribution in [-0.4, -0.2) is 42.8 Å². The number of hydrogen-bond donors (Lipinski definition) is 0. The van der Waals surface area contributed by atoms with Crippen molar-refractivity contribution in [1.29, 1.82) is 0 Å². The molecule has 0 fully saturated rings. The van der Waals surface area contributed by atoms with E-state index in [1.165, 1.54) is 11.3 Å². The Labute approximate surface area is 169 Å². The van der Waals surface area contributed by atoms with Crippen molar-refractivity contribution < 1.29 is 23.2 Å². The predicted molar refractivity (Wildman–Crippen MR) is 108 cm³/mol. The van der Waals surface area contributed by atoms with Crippen LogP contribution in [0.3, 0.4) is 0 Å². The fourth-order valence-electron chi connectivity index (χ4n) is 2.60. The number of aromatic nitrogens is 2. The van der Waals surface area contributed by atoms with E-state index in [0.717, 1.165) is 16.9 Å². The molecule has 0 aliphatic rings. The second-order valence-electron chi connectivity index (χ2n) is 5.63. The topological polar surface area (TPSA) is 79.8 Å². The Morgan fingerprint density at radius 2 is 1.64 bits per heavy atom. The van der Waals surface area contributed by atoms with Crippen molar-refractivity contribution in [2.45, 2.75) is 10.1 Å². The highest BCUT2D eigenvalue weighted by molar-refractivity contribution is 7.86. The summed E-state index contributed by atoms with van der Waals surface area (Å²) in [5.74, 6) is 2.60. The maximum atomic E-state index is 12.7. The standard InChI is InChI=1S/C19H20N2O5S2/c1-23-14-7-5-6-12(8-14)11-28(22)19-21-20-18(27-19)13-9-15(24-2)17(26-4)16(10-13)25-3/h5-10H,11H2,1-4H3. The van der Waals surface area contributed by atoms with E-state index in [9.17, 15) is 4.21 Å². The average Bonchev–Trinajstić information content (AvgIpc) is 3.23. The number of benzene rings is 2. The molecule has 9 heteroatoms. The van der Waals surface area contributed by atoms with Crippen molar-refractivity contribution in [3.05, 3.63) is 42.0 Å². The first-order valence-electron chi connectivity index (χ1n) is 8.24. The molecule has 0 radical (unpaired) electrons. The molecule has 7 nitrogen and oxygen atoms in total. The molecule has 2 aromatic carbocycles. The van der Waals surface area contributed by atoms with Gasteiger partial charge in [0.05, 0.1) is 45.0 Å². The minimum Gasteiger partial charge on any atom is -0.497 e. The second-order valence-corrected chi connectivity index (χ2v) is 8.23. The average molecular weight is 421 g/mol. The maximum Gasteiger partial charge on any atom is 0.205 e. The van der Waals surface area contributed by atoms with Gasteiger partial charge in [0.1, 0.15) is 10.8 Å². The predicted octanol–water partition coefficient (Wildman–Crippen LogP) is 3.55. The van der Waals surface area contributed by atoms with E-state index >= 15 is 0 Å². The van der Waals surface area contributed by atoms with Crippen LogP contribution in [0, 0.1) is 0 Å². The van der Waals surface area contributed by atoms with Crippen LogP contribution in [0.15, 0.2) is 40.7 Å². The molecule has 0 spiro atoms. The molecule has 148 valence electrons. The Hall–Kier alpha value is -2.65. The smallest absolute Gasteiger partial charge is 0.205 e. The number of ether oxygens (including phenoxy) is 4. The van der Waals surface area contributed by atoms with E-state index in [1.807, 2.05) is 24.3 Å². The molecule has 0 aliphatic carbocycles. The minimum atomic E-state index is -1.32. The van der Waals surface area contributed by atoms with Gasteiger partial charge in [0.2, 0.25) is 10.1 Å². The van der Waals surface area contributed by atoms with E-state index < -0.39 is 10.8 Å². The molecule has 0 aliphatic heterocycles. The fraction of sp³-hybridized carbons (Fsp3) is 0.263. The third-order valence-electron chi connectivity index (χ3n) is 3.94. The SMILES string of the molecule is COc1cccc(CS(=O)c2nnc(-c3cc(OC)c(OC)c(OC)c3)s2)c1. The minimum absolute atomic E-state index is 0.334. The summed E-state index contributed by atoms with van der Waals surface area (Å²) in [6.45, 7) is 0. The van der Waals surface area contributed by atoms with E-state index in [0.29, 0.717) is 32.3 Å². The van der Waals surface area contributed by atoms with Crippen molar-refractivity contribution in [3.63, 3.8) is 0 Å². The number of rotatable bonds is 8. The molecule has 0 amide bonds. The normalized spacial score (nSPS) is 11.7. The van der Waals surface area contributed by atoms with Crippen LogP contribution in [0.1, 0.15) is 5.56 Å². The Bertz CT molecular complexity index is 965.